The van der Waals surface area contributed by atoms with Crippen LogP contribution in [0, 0.1) is 0 Å². The van der Waals surface area contributed by atoms with Gasteiger partial charge in [-0.2, -0.15) is 21.6 Å². The Balaban J connectivity index is 1.63. The van der Waals surface area contributed by atoms with Crippen LogP contribution in [0.15, 0.2) is 43.0 Å². The lowest BCUT2D eigenvalue weighted by Gasteiger charge is -2.51. The quantitative estimate of drug-likeness (QED) is 0.138. The summed E-state index contributed by atoms with van der Waals surface area (Å²) in [6, 6.07) is 8.42. The second-order valence-electron chi connectivity index (χ2n) is 13.4. The van der Waals surface area contributed by atoms with Gasteiger partial charge in [-0.15, -0.1) is 11.8 Å². The number of amides is 1. The summed E-state index contributed by atoms with van der Waals surface area (Å²) < 4.78 is 94.6. The first-order valence-corrected chi connectivity index (χ1v) is 22.3. The number of rotatable bonds is 9. The van der Waals surface area contributed by atoms with Gasteiger partial charge in [-0.3, -0.25) is 13.5 Å². The molecular weight excluding hydrogens is 720 g/mol. The number of nitrogens with one attached hydrogen (secondary N) is 1. The number of fused-ring (bicyclic) bond motifs is 2. The van der Waals surface area contributed by atoms with E-state index in [0.717, 1.165) is 0 Å². The van der Waals surface area contributed by atoms with Gasteiger partial charge in [0.25, 0.3) is 5.91 Å². The van der Waals surface area contributed by atoms with Crippen molar-refractivity contribution in [3.8, 4) is 0 Å². The Morgan fingerprint density at radius 2 is 1.59 bits per heavy atom. The van der Waals surface area contributed by atoms with Crippen molar-refractivity contribution < 1.29 is 43.5 Å². The molecule has 2 fully saturated rings. The lowest BCUT2D eigenvalue weighted by atomic mass is 10.1. The fraction of sp³-hybridized carbons (Fsp3) is 0.600. The smallest absolute Gasteiger partial charge is 0.414 e. The molecular formula is C30H42F3N5O7S2Si2. The number of imidazole rings is 1. The van der Waals surface area contributed by atoms with Crippen LogP contribution in [0.2, 0.25) is 22.2 Å². The molecule has 1 aromatic carbocycles. The first kappa shape index (κ1) is 37.8. The van der Waals surface area contributed by atoms with Crippen LogP contribution in [-0.4, -0.2) is 80.5 Å². The minimum absolute atomic E-state index is 0.00990. The van der Waals surface area contributed by atoms with Gasteiger partial charge in [0.2, 0.25) is 0 Å². The van der Waals surface area contributed by atoms with E-state index in [9.17, 15) is 26.4 Å². The topological polar surface area (TPSA) is 144 Å². The van der Waals surface area contributed by atoms with Crippen molar-refractivity contribution in [2.24, 2.45) is 0 Å². The summed E-state index contributed by atoms with van der Waals surface area (Å²) in [5.41, 5.74) is -5.37. The summed E-state index contributed by atoms with van der Waals surface area (Å²) in [7, 11) is -12.5. The van der Waals surface area contributed by atoms with Gasteiger partial charge >= 0.3 is 32.7 Å². The molecule has 12 nitrogen and oxygen atoms in total. The van der Waals surface area contributed by atoms with Crippen LogP contribution in [0.1, 0.15) is 71.1 Å². The van der Waals surface area contributed by atoms with Gasteiger partial charge < -0.3 is 18.3 Å². The Bertz CT molecular complexity index is 1750. The van der Waals surface area contributed by atoms with E-state index in [1.807, 2.05) is 55.4 Å². The van der Waals surface area contributed by atoms with Crippen molar-refractivity contribution >= 4 is 61.9 Å². The first-order valence-electron chi connectivity index (χ1n) is 16.1. The molecule has 3 aromatic rings. The molecule has 1 N–H and O–H groups in total. The molecule has 4 heterocycles. The van der Waals surface area contributed by atoms with Crippen LogP contribution in [0.5, 0.6) is 0 Å². The predicted molar refractivity (Wildman–Crippen MR) is 184 cm³/mol. The van der Waals surface area contributed by atoms with Gasteiger partial charge in [0.15, 0.2) is 17.0 Å². The minimum Gasteiger partial charge on any atom is -0.414 e. The molecule has 2 aliphatic heterocycles. The van der Waals surface area contributed by atoms with Gasteiger partial charge in [0, 0.05) is 5.56 Å². The number of halogens is 3. The van der Waals surface area contributed by atoms with Crippen molar-refractivity contribution in [2.75, 3.05) is 11.9 Å². The Hall–Kier alpha value is -2.40. The predicted octanol–water partition coefficient (Wildman–Crippen LogP) is 6.88. The average Bonchev–Trinajstić information content (AvgIpc) is 3.57. The summed E-state index contributed by atoms with van der Waals surface area (Å²) in [6.07, 6.45) is -0.356. The van der Waals surface area contributed by atoms with Crippen LogP contribution in [0.3, 0.4) is 0 Å². The minimum atomic E-state index is -6.09. The average molecular weight is 762 g/mol. The second-order valence-corrected chi connectivity index (χ2v) is 25.2. The maximum absolute atomic E-state index is 13.9. The van der Waals surface area contributed by atoms with E-state index < -0.39 is 61.5 Å². The molecule has 2 aromatic heterocycles. The third-order valence-electron chi connectivity index (χ3n) is 9.04. The highest BCUT2D eigenvalue weighted by Gasteiger charge is 2.63. The van der Waals surface area contributed by atoms with Crippen molar-refractivity contribution in [3.05, 3.63) is 48.5 Å². The molecule has 0 spiro atoms. The SMILES string of the molecule is CC(C)[Si]1(C(C)C)OC[C@H]2S[C@@H](n3cnc4c(NC(=O)c5ccccc5)ncnc43)[C@H](OS(=O)(=O)C(F)(F)F)[C@@H]2O[Si](C(C)C)(C(C)C)O1. The number of alkyl halides is 3. The van der Waals surface area contributed by atoms with Gasteiger partial charge in [-0.05, 0) is 34.3 Å². The summed E-state index contributed by atoms with van der Waals surface area (Å²) >= 11 is 1.17. The maximum atomic E-state index is 13.9. The number of carbonyl (C=O) groups excluding carboxylic acids is 1. The Morgan fingerprint density at radius 1 is 0.980 bits per heavy atom. The normalized spacial score (nSPS) is 24.4. The lowest BCUT2D eigenvalue weighted by Crippen LogP contribution is -2.65. The number of aromatic nitrogens is 4. The van der Waals surface area contributed by atoms with E-state index in [0.29, 0.717) is 5.56 Å². The summed E-state index contributed by atoms with van der Waals surface area (Å²) in [4.78, 5) is 25.8. The number of nitrogens with zero attached hydrogens (tertiary/aromatic N) is 4. The summed E-state index contributed by atoms with van der Waals surface area (Å²) in [6.45, 7) is 16.0. The van der Waals surface area contributed by atoms with Crippen LogP contribution in [-0.2, 0) is 27.3 Å². The third-order valence-corrected chi connectivity index (χ3v) is 21.9. The monoisotopic (exact) mass is 761 g/mol. The second kappa shape index (κ2) is 14.0. The molecule has 2 aliphatic rings. The molecule has 5 rings (SSSR count). The van der Waals surface area contributed by atoms with Gasteiger partial charge in [-0.25, -0.2) is 15.0 Å². The van der Waals surface area contributed by atoms with Crippen LogP contribution in [0.25, 0.3) is 11.2 Å². The number of hydrogen-bond acceptors (Lipinski definition) is 11. The highest BCUT2D eigenvalue weighted by Crippen LogP contribution is 2.53. The van der Waals surface area contributed by atoms with E-state index in [2.05, 4.69) is 20.3 Å². The first-order chi connectivity index (χ1) is 22.8. The van der Waals surface area contributed by atoms with Crippen molar-refractivity contribution in [1.82, 2.24) is 19.5 Å². The molecule has 0 radical (unpaired) electrons. The summed E-state index contributed by atoms with van der Waals surface area (Å²) in [5.74, 6) is -0.394. The van der Waals surface area contributed by atoms with E-state index in [4.69, 9.17) is 17.2 Å². The van der Waals surface area contributed by atoms with E-state index in [-0.39, 0.29) is 45.8 Å². The van der Waals surface area contributed by atoms with Crippen LogP contribution >= 0.6 is 11.8 Å². The molecule has 0 saturated carbocycles. The summed E-state index contributed by atoms with van der Waals surface area (Å²) in [5, 5.41) is 0.942. The zero-order valence-electron chi connectivity index (χ0n) is 28.5. The van der Waals surface area contributed by atoms with E-state index in [1.165, 1.54) is 29.0 Å². The molecule has 49 heavy (non-hydrogen) atoms. The number of hydrogen-bond donors (Lipinski definition) is 1. The molecule has 0 bridgehead atoms. The zero-order valence-corrected chi connectivity index (χ0v) is 32.1. The standard InChI is InChI=1S/C30H42F3N5O7S2Si2/c1-17(2)48(18(3)4)42-14-22-24(44-49(45-48,19(5)6)20(7)8)25(43-47(40,41)30(31,32)33)29(46-22)38-16-36-23-26(34-15-35-27(23)38)37-28(39)21-12-10-9-11-13-21/h9-13,15-20,22,24-25,29H,14H2,1-8H3,(H,34,35,37,39)/t22-,24-,25-,29-/m1/s1. The van der Waals surface area contributed by atoms with Gasteiger partial charge in [0.1, 0.15) is 17.8 Å². The highest BCUT2D eigenvalue weighted by molar-refractivity contribution is 8.00. The number of carbonyl (C=O) groups is 1. The molecule has 1 amide bonds. The Morgan fingerprint density at radius 3 is 2.16 bits per heavy atom. The lowest BCUT2D eigenvalue weighted by molar-refractivity contribution is -0.0652. The van der Waals surface area contributed by atoms with E-state index >= 15 is 0 Å². The Labute approximate surface area is 290 Å². The van der Waals surface area contributed by atoms with E-state index in [1.54, 1.807) is 30.3 Å². The number of benzene rings is 1. The fourth-order valence-electron chi connectivity index (χ4n) is 6.55. The zero-order chi connectivity index (χ0) is 36.1. The van der Waals surface area contributed by atoms with Crippen molar-refractivity contribution in [2.45, 2.75) is 106 Å². The third kappa shape index (κ3) is 6.96. The molecule has 270 valence electrons. The number of thioether (sulfide) groups is 1. The van der Waals surface area contributed by atoms with Crippen LogP contribution < -0.4 is 5.32 Å². The van der Waals surface area contributed by atoms with Gasteiger partial charge in [0.05, 0.1) is 24.3 Å². The highest BCUT2D eigenvalue weighted by atomic mass is 32.2. The fourth-order valence-corrected chi connectivity index (χ4v) is 20.2. The maximum Gasteiger partial charge on any atom is 0.523 e. The molecule has 0 unspecified atom stereocenters. The molecule has 19 heteroatoms. The largest absolute Gasteiger partial charge is 0.523 e. The van der Waals surface area contributed by atoms with Gasteiger partial charge in [-0.1, -0.05) is 73.6 Å². The Kier molecular flexibility index (Phi) is 10.8. The van der Waals surface area contributed by atoms with Crippen LogP contribution in [0.4, 0.5) is 19.0 Å². The molecule has 0 aliphatic carbocycles. The number of anilines is 1. The molecule has 2 saturated heterocycles. The van der Waals surface area contributed by atoms with Crippen molar-refractivity contribution in [1.29, 1.82) is 0 Å². The molecule has 4 atom stereocenters. The van der Waals surface area contributed by atoms with Crippen molar-refractivity contribution in [3.63, 3.8) is 0 Å².